The third-order valence-electron chi connectivity index (χ3n) is 4.08. The second kappa shape index (κ2) is 7.58. The van der Waals surface area contributed by atoms with E-state index in [1.165, 1.54) is 5.69 Å². The van der Waals surface area contributed by atoms with Crippen LogP contribution >= 0.6 is 0 Å². The van der Waals surface area contributed by atoms with Crippen LogP contribution in [0.15, 0.2) is 24.4 Å². The summed E-state index contributed by atoms with van der Waals surface area (Å²) in [7, 11) is 0. The van der Waals surface area contributed by atoms with Gasteiger partial charge in [-0.1, -0.05) is 13.0 Å². The van der Waals surface area contributed by atoms with E-state index in [9.17, 15) is 0 Å². The Morgan fingerprint density at radius 1 is 1.26 bits per heavy atom. The van der Waals surface area contributed by atoms with Crippen LogP contribution in [0.5, 0.6) is 0 Å². The fourth-order valence-corrected chi connectivity index (χ4v) is 2.74. The number of piperazine rings is 1. The standard InChI is InChI=1S/C15H26N4/c1-2-15(13-16)19-11-9-18(10-12-19)8-6-14-5-3-4-7-17-14/h3-5,7,15H,2,6,8-13,16H2,1H3. The summed E-state index contributed by atoms with van der Waals surface area (Å²) in [6.07, 6.45) is 4.08. The molecule has 1 unspecified atom stereocenters. The molecule has 0 aromatic carbocycles. The van der Waals surface area contributed by atoms with Gasteiger partial charge in [-0.05, 0) is 18.6 Å². The van der Waals surface area contributed by atoms with E-state index < -0.39 is 0 Å². The number of nitrogens with zero attached hydrogens (tertiary/aromatic N) is 3. The van der Waals surface area contributed by atoms with Gasteiger partial charge >= 0.3 is 0 Å². The third kappa shape index (κ3) is 4.27. The van der Waals surface area contributed by atoms with Gasteiger partial charge in [-0.25, -0.2) is 0 Å². The highest BCUT2D eigenvalue weighted by Crippen LogP contribution is 2.09. The van der Waals surface area contributed by atoms with E-state index in [1.807, 2.05) is 12.3 Å². The zero-order valence-electron chi connectivity index (χ0n) is 12.0. The summed E-state index contributed by atoms with van der Waals surface area (Å²) in [6, 6.07) is 6.71. The largest absolute Gasteiger partial charge is 0.329 e. The molecule has 1 aromatic rings. The molecule has 0 spiro atoms. The lowest BCUT2D eigenvalue weighted by atomic mass is 10.1. The summed E-state index contributed by atoms with van der Waals surface area (Å²) in [6.45, 7) is 8.74. The average Bonchev–Trinajstić information content (AvgIpc) is 2.49. The predicted molar refractivity (Wildman–Crippen MR) is 79.1 cm³/mol. The van der Waals surface area contributed by atoms with Crippen LogP contribution in [0, 0.1) is 0 Å². The van der Waals surface area contributed by atoms with Crippen molar-refractivity contribution in [1.29, 1.82) is 0 Å². The highest BCUT2D eigenvalue weighted by atomic mass is 15.3. The van der Waals surface area contributed by atoms with Gasteiger partial charge in [-0.15, -0.1) is 0 Å². The second-order valence-corrected chi connectivity index (χ2v) is 5.25. The molecular weight excluding hydrogens is 236 g/mol. The highest BCUT2D eigenvalue weighted by Gasteiger charge is 2.21. The van der Waals surface area contributed by atoms with Crippen molar-refractivity contribution in [2.24, 2.45) is 5.73 Å². The molecule has 2 heterocycles. The highest BCUT2D eigenvalue weighted by molar-refractivity contribution is 5.03. The molecule has 4 nitrogen and oxygen atoms in total. The first-order valence-electron chi connectivity index (χ1n) is 7.40. The fraction of sp³-hybridized carbons (Fsp3) is 0.667. The minimum absolute atomic E-state index is 0.568. The van der Waals surface area contributed by atoms with Crippen molar-refractivity contribution in [3.8, 4) is 0 Å². The maximum absolute atomic E-state index is 5.82. The molecule has 1 atom stereocenters. The van der Waals surface area contributed by atoms with Crippen LogP contribution in [-0.2, 0) is 6.42 Å². The van der Waals surface area contributed by atoms with Gasteiger partial charge in [-0.3, -0.25) is 9.88 Å². The number of hydrogen-bond acceptors (Lipinski definition) is 4. The van der Waals surface area contributed by atoms with Gasteiger partial charge in [0.25, 0.3) is 0 Å². The summed E-state index contributed by atoms with van der Waals surface area (Å²) in [5.41, 5.74) is 7.01. The molecule has 2 N–H and O–H groups in total. The van der Waals surface area contributed by atoms with Gasteiger partial charge in [-0.2, -0.15) is 0 Å². The Hall–Kier alpha value is -0.970. The molecule has 2 rings (SSSR count). The van der Waals surface area contributed by atoms with Gasteiger partial charge in [0.1, 0.15) is 0 Å². The van der Waals surface area contributed by atoms with Crippen molar-refractivity contribution in [3.05, 3.63) is 30.1 Å². The molecule has 1 saturated heterocycles. The van der Waals surface area contributed by atoms with E-state index in [-0.39, 0.29) is 0 Å². The Balaban J connectivity index is 1.72. The Bertz CT molecular complexity index is 342. The van der Waals surface area contributed by atoms with Crippen molar-refractivity contribution >= 4 is 0 Å². The summed E-state index contributed by atoms with van der Waals surface area (Å²) in [4.78, 5) is 9.45. The van der Waals surface area contributed by atoms with E-state index in [4.69, 9.17) is 5.73 Å². The lowest BCUT2D eigenvalue weighted by molar-refractivity contribution is 0.0974. The van der Waals surface area contributed by atoms with E-state index in [0.29, 0.717) is 6.04 Å². The first kappa shape index (κ1) is 14.4. The first-order chi connectivity index (χ1) is 9.33. The van der Waals surface area contributed by atoms with E-state index in [2.05, 4.69) is 33.8 Å². The molecule has 0 radical (unpaired) electrons. The number of hydrogen-bond donors (Lipinski definition) is 1. The van der Waals surface area contributed by atoms with Crippen molar-refractivity contribution in [2.75, 3.05) is 39.3 Å². The lowest BCUT2D eigenvalue weighted by Gasteiger charge is -2.38. The van der Waals surface area contributed by atoms with Crippen LogP contribution in [0.1, 0.15) is 19.0 Å². The van der Waals surface area contributed by atoms with E-state index in [1.54, 1.807) is 0 Å². The molecule has 1 aliphatic rings. The Morgan fingerprint density at radius 3 is 2.63 bits per heavy atom. The Labute approximate surface area is 116 Å². The average molecular weight is 262 g/mol. The molecule has 1 aromatic heterocycles. The number of nitrogens with two attached hydrogens (primary N) is 1. The monoisotopic (exact) mass is 262 g/mol. The topological polar surface area (TPSA) is 45.4 Å². The minimum Gasteiger partial charge on any atom is -0.329 e. The second-order valence-electron chi connectivity index (χ2n) is 5.25. The predicted octanol–water partition coefficient (Wildman–Crippen LogP) is 0.979. The van der Waals surface area contributed by atoms with Crippen molar-refractivity contribution in [3.63, 3.8) is 0 Å². The molecule has 4 heteroatoms. The molecule has 106 valence electrons. The molecule has 0 amide bonds. The third-order valence-corrected chi connectivity index (χ3v) is 4.08. The van der Waals surface area contributed by atoms with E-state index >= 15 is 0 Å². The van der Waals surface area contributed by atoms with Crippen LogP contribution in [0.3, 0.4) is 0 Å². The van der Waals surface area contributed by atoms with Gasteiger partial charge in [0, 0.05) is 63.6 Å². The maximum Gasteiger partial charge on any atom is 0.0416 e. The van der Waals surface area contributed by atoms with Gasteiger partial charge in [0.15, 0.2) is 0 Å². The molecule has 1 fully saturated rings. The van der Waals surface area contributed by atoms with Crippen LogP contribution in [0.2, 0.25) is 0 Å². The lowest BCUT2D eigenvalue weighted by Crippen LogP contribution is -2.52. The van der Waals surface area contributed by atoms with Gasteiger partial charge in [0.2, 0.25) is 0 Å². The summed E-state index contributed by atoms with van der Waals surface area (Å²) >= 11 is 0. The molecule has 0 aliphatic carbocycles. The summed E-state index contributed by atoms with van der Waals surface area (Å²) < 4.78 is 0. The summed E-state index contributed by atoms with van der Waals surface area (Å²) in [5.74, 6) is 0. The number of pyridine rings is 1. The number of rotatable bonds is 6. The first-order valence-corrected chi connectivity index (χ1v) is 7.40. The van der Waals surface area contributed by atoms with Crippen LogP contribution in [0.4, 0.5) is 0 Å². The Morgan fingerprint density at radius 2 is 2.05 bits per heavy atom. The van der Waals surface area contributed by atoms with Crippen molar-refractivity contribution in [2.45, 2.75) is 25.8 Å². The zero-order chi connectivity index (χ0) is 13.5. The molecule has 0 bridgehead atoms. The SMILES string of the molecule is CCC(CN)N1CCN(CCc2ccccn2)CC1. The van der Waals surface area contributed by atoms with Crippen LogP contribution in [0.25, 0.3) is 0 Å². The van der Waals surface area contributed by atoms with Gasteiger partial charge < -0.3 is 10.6 Å². The van der Waals surface area contributed by atoms with Crippen LogP contribution in [-0.4, -0.2) is 60.1 Å². The van der Waals surface area contributed by atoms with Crippen molar-refractivity contribution < 1.29 is 0 Å². The quantitative estimate of drug-likeness (QED) is 0.830. The van der Waals surface area contributed by atoms with Crippen LogP contribution < -0.4 is 5.73 Å². The Kier molecular flexibility index (Phi) is 5.76. The summed E-state index contributed by atoms with van der Waals surface area (Å²) in [5, 5.41) is 0. The minimum atomic E-state index is 0.568. The molecule has 19 heavy (non-hydrogen) atoms. The molecule has 0 saturated carbocycles. The maximum atomic E-state index is 5.82. The normalized spacial score (nSPS) is 19.5. The molecule has 1 aliphatic heterocycles. The fourth-order valence-electron chi connectivity index (χ4n) is 2.74. The van der Waals surface area contributed by atoms with Crippen molar-refractivity contribution in [1.82, 2.24) is 14.8 Å². The zero-order valence-corrected chi connectivity index (χ0v) is 12.0. The molecular formula is C15H26N4. The smallest absolute Gasteiger partial charge is 0.0416 e. The van der Waals surface area contributed by atoms with Gasteiger partial charge in [0.05, 0.1) is 0 Å². The number of aromatic nitrogens is 1. The van der Waals surface area contributed by atoms with E-state index in [0.717, 1.165) is 52.1 Å².